The Hall–Kier alpha value is -0.240. The molecule has 0 aromatic heterocycles. The van der Waals surface area contributed by atoms with Crippen molar-refractivity contribution in [3.8, 4) is 0 Å². The van der Waals surface area contributed by atoms with Crippen LogP contribution in [0.1, 0.15) is 57.8 Å². The Labute approximate surface area is 175 Å². The molecule has 168 valence electrons. The Morgan fingerprint density at radius 1 is 0.828 bits per heavy atom. The van der Waals surface area contributed by atoms with Crippen LogP contribution in [0.25, 0.3) is 0 Å². The maximum atomic E-state index is 10.1. The van der Waals surface area contributed by atoms with Gasteiger partial charge in [-0.3, -0.25) is 4.90 Å². The number of hydrogen-bond donors (Lipinski definition) is 3. The van der Waals surface area contributed by atoms with Crippen LogP contribution in [0.15, 0.2) is 0 Å². The van der Waals surface area contributed by atoms with Gasteiger partial charge >= 0.3 is 0 Å². The highest BCUT2D eigenvalue weighted by molar-refractivity contribution is 5.01. The molecular weight excluding hydrogens is 370 g/mol. The van der Waals surface area contributed by atoms with Crippen molar-refractivity contribution >= 4 is 0 Å². The predicted molar refractivity (Wildman–Crippen MR) is 111 cm³/mol. The summed E-state index contributed by atoms with van der Waals surface area (Å²) in [4.78, 5) is 1.86. The topological polar surface area (TPSA) is 82.4 Å². The minimum absolute atomic E-state index is 0.267. The minimum atomic E-state index is -1.09. The highest BCUT2D eigenvalue weighted by atomic mass is 16.5. The Bertz CT molecular complexity index is 494. The number of aliphatic hydroxyl groups is 3. The number of unbranched alkanes of at least 4 members (excludes halogenated alkanes) is 2. The summed E-state index contributed by atoms with van der Waals surface area (Å²) in [5.41, 5.74) is 0.517. The fourth-order valence-electron chi connectivity index (χ4n) is 7.02. The normalized spacial score (nSPS) is 44.5. The maximum absolute atomic E-state index is 10.1. The fraction of sp³-hybridized carbons (Fsp3) is 1.00. The van der Waals surface area contributed by atoms with Crippen LogP contribution in [0, 0.1) is 23.2 Å². The van der Waals surface area contributed by atoms with E-state index in [0.29, 0.717) is 25.2 Å². The summed E-state index contributed by atoms with van der Waals surface area (Å²) in [7, 11) is 1.84. The van der Waals surface area contributed by atoms with E-state index in [1.807, 2.05) is 11.9 Å². The summed E-state index contributed by atoms with van der Waals surface area (Å²) in [6.07, 6.45) is 8.92. The van der Waals surface area contributed by atoms with Gasteiger partial charge in [0.1, 0.15) is 12.2 Å². The standard InChI is InChI=1S/C23H41NO5/c1-24-13-20(25)22(27)21(26)19(24)14-28-5-3-2-4-6-29-15-23-10-16-7-17(11-23)9-18(8-16)12-23/h16-22,25-27H,2-15H2,1H3/t16?,17?,18?,19-,20+,21-,22-,23?/m1/s1. The van der Waals surface area contributed by atoms with Gasteiger partial charge in [-0.1, -0.05) is 0 Å². The summed E-state index contributed by atoms with van der Waals surface area (Å²) in [5, 5.41) is 29.6. The zero-order chi connectivity index (χ0) is 20.4. The summed E-state index contributed by atoms with van der Waals surface area (Å²) < 4.78 is 11.9. The van der Waals surface area contributed by atoms with Gasteiger partial charge in [-0.25, -0.2) is 0 Å². The highest BCUT2D eigenvalue weighted by Gasteiger charge is 2.50. The smallest absolute Gasteiger partial charge is 0.109 e. The van der Waals surface area contributed by atoms with Crippen LogP contribution in [-0.4, -0.2) is 84.6 Å². The van der Waals surface area contributed by atoms with Crippen molar-refractivity contribution in [1.82, 2.24) is 4.90 Å². The zero-order valence-corrected chi connectivity index (χ0v) is 18.0. The third kappa shape index (κ3) is 5.16. The second kappa shape index (κ2) is 9.49. The van der Waals surface area contributed by atoms with Crippen molar-refractivity contribution in [3.63, 3.8) is 0 Å². The van der Waals surface area contributed by atoms with E-state index in [1.54, 1.807) is 0 Å². The van der Waals surface area contributed by atoms with Gasteiger partial charge in [0.25, 0.3) is 0 Å². The molecule has 4 saturated carbocycles. The lowest BCUT2D eigenvalue weighted by Crippen LogP contribution is -2.61. The lowest BCUT2D eigenvalue weighted by molar-refractivity contribution is -0.143. The summed E-state index contributed by atoms with van der Waals surface area (Å²) in [5.74, 6) is 2.98. The van der Waals surface area contributed by atoms with Gasteiger partial charge in [-0.05, 0) is 88.0 Å². The molecule has 1 aliphatic heterocycles. The van der Waals surface area contributed by atoms with Crippen molar-refractivity contribution in [1.29, 1.82) is 0 Å². The lowest BCUT2D eigenvalue weighted by Gasteiger charge is -2.56. The molecule has 3 N–H and O–H groups in total. The average molecular weight is 412 g/mol. The van der Waals surface area contributed by atoms with E-state index in [-0.39, 0.29) is 6.04 Å². The Kier molecular flexibility index (Phi) is 7.19. The molecule has 29 heavy (non-hydrogen) atoms. The number of aliphatic hydroxyl groups excluding tert-OH is 3. The molecule has 4 bridgehead atoms. The minimum Gasteiger partial charge on any atom is -0.389 e. The molecule has 0 unspecified atom stereocenters. The molecule has 4 aliphatic carbocycles. The molecule has 5 aliphatic rings. The van der Waals surface area contributed by atoms with Crippen LogP contribution in [-0.2, 0) is 9.47 Å². The molecule has 4 atom stereocenters. The van der Waals surface area contributed by atoms with Crippen molar-refractivity contribution < 1.29 is 24.8 Å². The van der Waals surface area contributed by atoms with E-state index >= 15 is 0 Å². The number of piperidine rings is 1. The summed E-state index contributed by atoms with van der Waals surface area (Å²) in [6, 6.07) is -0.267. The number of rotatable bonds is 10. The first-order valence-corrected chi connectivity index (χ1v) is 11.9. The number of hydrogen-bond acceptors (Lipinski definition) is 6. The van der Waals surface area contributed by atoms with E-state index < -0.39 is 18.3 Å². The molecule has 0 aromatic carbocycles. The fourth-order valence-corrected chi connectivity index (χ4v) is 7.02. The maximum Gasteiger partial charge on any atom is 0.109 e. The van der Waals surface area contributed by atoms with Gasteiger partial charge in [-0.2, -0.15) is 0 Å². The summed E-state index contributed by atoms with van der Waals surface area (Å²) in [6.45, 7) is 3.23. The van der Waals surface area contributed by atoms with Gasteiger partial charge in [0.15, 0.2) is 0 Å². The SMILES string of the molecule is CN1C[C@H](O)[C@@H](O)[C@H](O)[C@H]1COCCCCCOCC12CC3CC(CC(C3)C1)C2. The number of likely N-dealkylation sites (tertiary alicyclic amines) is 1. The van der Waals surface area contributed by atoms with Crippen LogP contribution in [0.4, 0.5) is 0 Å². The Morgan fingerprint density at radius 2 is 1.41 bits per heavy atom. The van der Waals surface area contributed by atoms with Crippen LogP contribution in [0.5, 0.6) is 0 Å². The van der Waals surface area contributed by atoms with Gasteiger partial charge in [0, 0.05) is 19.8 Å². The molecule has 6 nitrogen and oxygen atoms in total. The van der Waals surface area contributed by atoms with E-state index in [1.165, 1.54) is 38.5 Å². The molecule has 0 spiro atoms. The van der Waals surface area contributed by atoms with E-state index in [4.69, 9.17) is 9.47 Å². The predicted octanol–water partition coefficient (Wildman–Crippen LogP) is 1.80. The molecule has 0 aromatic rings. The highest BCUT2D eigenvalue weighted by Crippen LogP contribution is 2.60. The molecule has 0 radical (unpaired) electrons. The van der Waals surface area contributed by atoms with Gasteiger partial charge < -0.3 is 24.8 Å². The quantitative estimate of drug-likeness (QED) is 0.476. The molecular formula is C23H41NO5. The molecule has 6 heteroatoms. The molecule has 0 amide bonds. The van der Waals surface area contributed by atoms with Gasteiger partial charge in [0.05, 0.1) is 25.4 Å². The first kappa shape index (κ1) is 22.0. The van der Waals surface area contributed by atoms with Crippen LogP contribution < -0.4 is 0 Å². The molecule has 1 heterocycles. The summed E-state index contributed by atoms with van der Waals surface area (Å²) >= 11 is 0. The zero-order valence-electron chi connectivity index (χ0n) is 18.0. The average Bonchev–Trinajstić information content (AvgIpc) is 2.66. The molecule has 5 rings (SSSR count). The van der Waals surface area contributed by atoms with E-state index in [2.05, 4.69) is 0 Å². The third-order valence-electron chi connectivity index (χ3n) is 8.12. The van der Waals surface area contributed by atoms with E-state index in [0.717, 1.165) is 50.2 Å². The third-order valence-corrected chi connectivity index (χ3v) is 8.12. The number of likely N-dealkylation sites (N-methyl/N-ethyl adjacent to an activating group) is 1. The Morgan fingerprint density at radius 3 is 2.03 bits per heavy atom. The molecule has 5 fully saturated rings. The monoisotopic (exact) mass is 411 g/mol. The van der Waals surface area contributed by atoms with Crippen molar-refractivity contribution in [3.05, 3.63) is 0 Å². The van der Waals surface area contributed by atoms with Crippen LogP contribution >= 0.6 is 0 Å². The number of β-amino-alcohol motifs (C(OH)–C–C–N with tert-alkyl or cyclic N) is 1. The van der Waals surface area contributed by atoms with Gasteiger partial charge in [0.2, 0.25) is 0 Å². The second-order valence-corrected chi connectivity index (χ2v) is 10.7. The lowest BCUT2D eigenvalue weighted by atomic mass is 9.50. The largest absolute Gasteiger partial charge is 0.389 e. The van der Waals surface area contributed by atoms with Crippen LogP contribution in [0.3, 0.4) is 0 Å². The van der Waals surface area contributed by atoms with Crippen molar-refractivity contribution in [2.75, 3.05) is 40.0 Å². The van der Waals surface area contributed by atoms with Crippen molar-refractivity contribution in [2.24, 2.45) is 23.2 Å². The van der Waals surface area contributed by atoms with E-state index in [9.17, 15) is 15.3 Å². The van der Waals surface area contributed by atoms with Crippen molar-refractivity contribution in [2.45, 2.75) is 82.1 Å². The van der Waals surface area contributed by atoms with Gasteiger partial charge in [-0.15, -0.1) is 0 Å². The first-order chi connectivity index (χ1) is 14.0. The second-order valence-electron chi connectivity index (χ2n) is 10.7. The molecule has 1 saturated heterocycles. The first-order valence-electron chi connectivity index (χ1n) is 11.9. The van der Waals surface area contributed by atoms with Crippen LogP contribution in [0.2, 0.25) is 0 Å². The number of ether oxygens (including phenoxy) is 2. The number of nitrogens with zero attached hydrogens (tertiary/aromatic N) is 1. The Balaban J connectivity index is 1.04.